The van der Waals surface area contributed by atoms with E-state index in [-0.39, 0.29) is 0 Å². The van der Waals surface area contributed by atoms with E-state index in [1.165, 1.54) is 21.4 Å². The zero-order valence-electron chi connectivity index (χ0n) is 10.4. The second kappa shape index (κ2) is 4.50. The molecule has 2 nitrogen and oxygen atoms in total. The fourth-order valence-corrected chi connectivity index (χ4v) is 2.91. The predicted molar refractivity (Wildman–Crippen MR) is 76.9 cm³/mol. The number of hydrogen-bond donors (Lipinski definition) is 0. The van der Waals surface area contributed by atoms with E-state index in [2.05, 4.69) is 42.0 Å². The SMILES string of the molecule is CC(C)c1cnc2ccccc2c1-c1cncs1. The summed E-state index contributed by atoms with van der Waals surface area (Å²) < 4.78 is 0. The lowest BCUT2D eigenvalue weighted by molar-refractivity contribution is 0.864. The van der Waals surface area contributed by atoms with Crippen molar-refractivity contribution in [2.45, 2.75) is 19.8 Å². The number of benzene rings is 1. The number of hydrogen-bond acceptors (Lipinski definition) is 3. The fourth-order valence-electron chi connectivity index (χ4n) is 2.21. The van der Waals surface area contributed by atoms with Crippen molar-refractivity contribution in [1.29, 1.82) is 0 Å². The molecule has 90 valence electrons. The van der Waals surface area contributed by atoms with E-state index < -0.39 is 0 Å². The Morgan fingerprint density at radius 2 is 1.94 bits per heavy atom. The molecular weight excluding hydrogens is 240 g/mol. The molecule has 0 saturated heterocycles. The Morgan fingerprint density at radius 1 is 1.11 bits per heavy atom. The number of para-hydroxylation sites is 1. The van der Waals surface area contributed by atoms with Gasteiger partial charge in [-0.3, -0.25) is 9.97 Å². The number of fused-ring (bicyclic) bond motifs is 1. The first-order valence-corrected chi connectivity index (χ1v) is 6.92. The number of pyridine rings is 1. The quantitative estimate of drug-likeness (QED) is 0.673. The molecule has 1 aromatic carbocycles. The van der Waals surface area contributed by atoms with Gasteiger partial charge in [-0.1, -0.05) is 32.0 Å². The molecule has 0 spiro atoms. The molecule has 0 atom stereocenters. The van der Waals surface area contributed by atoms with Crippen LogP contribution in [0.15, 0.2) is 42.2 Å². The van der Waals surface area contributed by atoms with E-state index in [0.717, 1.165) is 5.52 Å². The van der Waals surface area contributed by atoms with Gasteiger partial charge in [0.25, 0.3) is 0 Å². The fraction of sp³-hybridized carbons (Fsp3) is 0.200. The first-order valence-electron chi connectivity index (χ1n) is 6.04. The van der Waals surface area contributed by atoms with E-state index in [1.54, 1.807) is 11.3 Å². The summed E-state index contributed by atoms with van der Waals surface area (Å²) >= 11 is 1.68. The molecule has 0 aliphatic carbocycles. The average molecular weight is 254 g/mol. The van der Waals surface area contributed by atoms with Crippen molar-refractivity contribution >= 4 is 22.2 Å². The van der Waals surface area contributed by atoms with Crippen molar-refractivity contribution in [2.24, 2.45) is 0 Å². The molecule has 3 heteroatoms. The summed E-state index contributed by atoms with van der Waals surface area (Å²) in [5.74, 6) is 0.458. The molecule has 2 heterocycles. The van der Waals surface area contributed by atoms with Gasteiger partial charge in [-0.05, 0) is 17.5 Å². The van der Waals surface area contributed by atoms with Gasteiger partial charge in [-0.2, -0.15) is 0 Å². The molecule has 2 aromatic heterocycles. The van der Waals surface area contributed by atoms with Crippen LogP contribution in [0.25, 0.3) is 21.3 Å². The zero-order valence-corrected chi connectivity index (χ0v) is 11.2. The molecular formula is C15H14N2S. The molecule has 0 radical (unpaired) electrons. The van der Waals surface area contributed by atoms with Gasteiger partial charge >= 0.3 is 0 Å². The van der Waals surface area contributed by atoms with E-state index in [9.17, 15) is 0 Å². The summed E-state index contributed by atoms with van der Waals surface area (Å²) in [5, 5.41) is 1.22. The molecule has 3 rings (SSSR count). The average Bonchev–Trinajstić information content (AvgIpc) is 2.90. The second-order valence-electron chi connectivity index (χ2n) is 4.63. The van der Waals surface area contributed by atoms with Crippen LogP contribution in [0, 0.1) is 0 Å². The van der Waals surface area contributed by atoms with Crippen LogP contribution >= 0.6 is 11.3 Å². The van der Waals surface area contributed by atoms with Crippen molar-refractivity contribution in [3.8, 4) is 10.4 Å². The maximum Gasteiger partial charge on any atom is 0.0797 e. The Kier molecular flexibility index (Phi) is 2.84. The monoisotopic (exact) mass is 254 g/mol. The summed E-state index contributed by atoms with van der Waals surface area (Å²) in [5.41, 5.74) is 5.51. The highest BCUT2D eigenvalue weighted by molar-refractivity contribution is 7.13. The number of aromatic nitrogens is 2. The molecule has 0 unspecified atom stereocenters. The van der Waals surface area contributed by atoms with E-state index in [4.69, 9.17) is 0 Å². The lowest BCUT2D eigenvalue weighted by Gasteiger charge is -2.13. The minimum Gasteiger partial charge on any atom is -0.256 e. The van der Waals surface area contributed by atoms with Crippen molar-refractivity contribution in [3.63, 3.8) is 0 Å². The van der Waals surface area contributed by atoms with Gasteiger partial charge in [0.1, 0.15) is 0 Å². The summed E-state index contributed by atoms with van der Waals surface area (Å²) in [4.78, 5) is 9.98. The van der Waals surface area contributed by atoms with Gasteiger partial charge < -0.3 is 0 Å². The standard InChI is InChI=1S/C15H14N2S/c1-10(2)12-7-17-13-6-4-3-5-11(13)15(12)14-8-16-9-18-14/h3-10H,1-2H3. The van der Waals surface area contributed by atoms with E-state index >= 15 is 0 Å². The minimum absolute atomic E-state index is 0.458. The number of nitrogens with zero attached hydrogens (tertiary/aromatic N) is 2. The lowest BCUT2D eigenvalue weighted by Crippen LogP contribution is -1.94. The van der Waals surface area contributed by atoms with Crippen LogP contribution in [0.1, 0.15) is 25.3 Å². The number of rotatable bonds is 2. The minimum atomic E-state index is 0.458. The summed E-state index contributed by atoms with van der Waals surface area (Å²) in [6, 6.07) is 8.30. The van der Waals surface area contributed by atoms with Crippen molar-refractivity contribution < 1.29 is 0 Å². The normalized spacial score (nSPS) is 11.3. The van der Waals surface area contributed by atoms with Crippen molar-refractivity contribution in [1.82, 2.24) is 9.97 Å². The van der Waals surface area contributed by atoms with Gasteiger partial charge in [-0.15, -0.1) is 11.3 Å². The van der Waals surface area contributed by atoms with Gasteiger partial charge in [0, 0.05) is 23.3 Å². The lowest BCUT2D eigenvalue weighted by atomic mass is 9.95. The van der Waals surface area contributed by atoms with Crippen LogP contribution in [0.3, 0.4) is 0 Å². The third kappa shape index (κ3) is 1.81. The van der Waals surface area contributed by atoms with E-state index in [0.29, 0.717) is 5.92 Å². The Labute approximate surface area is 110 Å². The molecule has 0 bridgehead atoms. The van der Waals surface area contributed by atoms with Crippen molar-refractivity contribution in [3.05, 3.63) is 47.7 Å². The smallest absolute Gasteiger partial charge is 0.0797 e. The molecule has 0 N–H and O–H groups in total. The Hall–Kier alpha value is -1.74. The molecule has 0 aliphatic rings. The molecule has 3 aromatic rings. The van der Waals surface area contributed by atoms with Crippen LogP contribution < -0.4 is 0 Å². The molecule has 0 aliphatic heterocycles. The first kappa shape index (κ1) is 11.4. The first-order chi connectivity index (χ1) is 8.77. The van der Waals surface area contributed by atoms with E-state index in [1.807, 2.05) is 24.0 Å². The Balaban J connectivity index is 2.40. The summed E-state index contributed by atoms with van der Waals surface area (Å²) in [6.45, 7) is 4.41. The zero-order chi connectivity index (χ0) is 12.5. The van der Waals surface area contributed by atoms with Crippen molar-refractivity contribution in [2.75, 3.05) is 0 Å². The Morgan fingerprint density at radius 3 is 2.67 bits per heavy atom. The molecule has 0 amide bonds. The van der Waals surface area contributed by atoms with Crippen LogP contribution in [0.5, 0.6) is 0 Å². The Bertz CT molecular complexity index is 672. The number of thiazole rings is 1. The third-order valence-electron chi connectivity index (χ3n) is 3.11. The second-order valence-corrected chi connectivity index (χ2v) is 5.51. The highest BCUT2D eigenvalue weighted by Crippen LogP contribution is 2.36. The van der Waals surface area contributed by atoms with Crippen LogP contribution in [-0.2, 0) is 0 Å². The largest absolute Gasteiger partial charge is 0.256 e. The summed E-state index contributed by atoms with van der Waals surface area (Å²) in [6.07, 6.45) is 3.94. The van der Waals surface area contributed by atoms with Gasteiger partial charge in [-0.25, -0.2) is 0 Å². The van der Waals surface area contributed by atoms with Crippen LogP contribution in [0.4, 0.5) is 0 Å². The molecule has 18 heavy (non-hydrogen) atoms. The van der Waals surface area contributed by atoms with Gasteiger partial charge in [0.05, 0.1) is 15.9 Å². The van der Waals surface area contributed by atoms with Gasteiger partial charge in [0.15, 0.2) is 0 Å². The molecule has 0 saturated carbocycles. The topological polar surface area (TPSA) is 25.8 Å². The maximum absolute atomic E-state index is 4.56. The highest BCUT2D eigenvalue weighted by Gasteiger charge is 2.14. The maximum atomic E-state index is 4.56. The third-order valence-corrected chi connectivity index (χ3v) is 3.90. The summed E-state index contributed by atoms with van der Waals surface area (Å²) in [7, 11) is 0. The van der Waals surface area contributed by atoms with Gasteiger partial charge in [0.2, 0.25) is 0 Å². The van der Waals surface area contributed by atoms with Crippen LogP contribution in [0.2, 0.25) is 0 Å². The van der Waals surface area contributed by atoms with Crippen LogP contribution in [-0.4, -0.2) is 9.97 Å². The molecule has 0 fully saturated rings. The highest BCUT2D eigenvalue weighted by atomic mass is 32.1. The predicted octanol–water partition coefficient (Wildman–Crippen LogP) is 4.48.